The first-order valence-electron chi connectivity index (χ1n) is 7.26. The average molecular weight is 353 g/mol. The van der Waals surface area contributed by atoms with Crippen LogP contribution in [0.2, 0.25) is 0 Å². The van der Waals surface area contributed by atoms with Crippen LogP contribution in [0.25, 0.3) is 0 Å². The minimum Gasteiger partial charge on any atom is -0.452 e. The summed E-state index contributed by atoms with van der Waals surface area (Å²) < 4.78 is 18.5. The van der Waals surface area contributed by atoms with Crippen molar-refractivity contribution < 1.29 is 13.9 Å². The van der Waals surface area contributed by atoms with Gasteiger partial charge in [0.2, 0.25) is 0 Å². The maximum Gasteiger partial charge on any atom is 0.260 e. The third-order valence-corrected chi connectivity index (χ3v) is 3.02. The summed E-state index contributed by atoms with van der Waals surface area (Å²) in [5.74, 6) is -0.180. The van der Waals surface area contributed by atoms with Crippen LogP contribution in [0.3, 0.4) is 0 Å². The third-order valence-electron chi connectivity index (χ3n) is 3.02. The standard InChI is InChI=1S/C16H12FN7O2/c17-10-1-2-14(21-4-10)24-16(25)13-3-11(7-22-15(13)23-8-18)26-12-5-19-9-20-6-12/h1-9H,(H2,18,22,23)(H,21,24,25). The number of carbonyl (C=O) groups excluding carboxylic acids is 1. The van der Waals surface area contributed by atoms with Crippen molar-refractivity contribution in [1.29, 1.82) is 0 Å². The zero-order valence-electron chi connectivity index (χ0n) is 13.2. The van der Waals surface area contributed by atoms with E-state index in [9.17, 15) is 9.18 Å². The van der Waals surface area contributed by atoms with Crippen molar-refractivity contribution in [2.24, 2.45) is 10.7 Å². The van der Waals surface area contributed by atoms with E-state index in [-0.39, 0.29) is 22.9 Å². The van der Waals surface area contributed by atoms with Gasteiger partial charge in [-0.3, -0.25) is 4.79 Å². The normalized spacial score (nSPS) is 10.7. The maximum atomic E-state index is 12.9. The van der Waals surface area contributed by atoms with Gasteiger partial charge in [-0.05, 0) is 18.2 Å². The number of nitrogens with two attached hydrogens (primary N) is 1. The average Bonchev–Trinajstić information content (AvgIpc) is 2.66. The lowest BCUT2D eigenvalue weighted by atomic mass is 10.2. The molecule has 130 valence electrons. The highest BCUT2D eigenvalue weighted by Gasteiger charge is 2.15. The van der Waals surface area contributed by atoms with Gasteiger partial charge in [0, 0.05) is 0 Å². The molecular weight excluding hydrogens is 341 g/mol. The highest BCUT2D eigenvalue weighted by molar-refractivity contribution is 6.07. The monoisotopic (exact) mass is 353 g/mol. The SMILES string of the molecule is N/C=N\c1ncc(Oc2cncnc2)cc1C(=O)Nc1ccc(F)cn1. The number of nitrogens with one attached hydrogen (secondary N) is 1. The predicted octanol–water partition coefficient (Wildman–Crippen LogP) is 2.07. The Kier molecular flexibility index (Phi) is 5.03. The van der Waals surface area contributed by atoms with E-state index in [1.54, 1.807) is 0 Å². The van der Waals surface area contributed by atoms with Crippen molar-refractivity contribution in [1.82, 2.24) is 19.9 Å². The molecule has 3 aromatic rings. The van der Waals surface area contributed by atoms with E-state index in [0.717, 1.165) is 12.5 Å². The highest BCUT2D eigenvalue weighted by Crippen LogP contribution is 2.25. The number of ether oxygens (including phenoxy) is 1. The van der Waals surface area contributed by atoms with Crippen LogP contribution < -0.4 is 15.8 Å². The molecule has 0 fully saturated rings. The lowest BCUT2D eigenvalue weighted by molar-refractivity contribution is 0.102. The van der Waals surface area contributed by atoms with Crippen LogP contribution in [0, 0.1) is 5.82 Å². The topological polar surface area (TPSA) is 128 Å². The molecule has 1 amide bonds. The Bertz CT molecular complexity index is 933. The van der Waals surface area contributed by atoms with Crippen LogP contribution in [0.5, 0.6) is 11.5 Å². The summed E-state index contributed by atoms with van der Waals surface area (Å²) in [6.45, 7) is 0. The second-order valence-corrected chi connectivity index (χ2v) is 4.81. The summed E-state index contributed by atoms with van der Waals surface area (Å²) in [6.07, 6.45) is 7.66. The second-order valence-electron chi connectivity index (χ2n) is 4.81. The molecule has 0 saturated heterocycles. The molecule has 0 aliphatic heterocycles. The number of aromatic nitrogens is 4. The molecule has 0 spiro atoms. The van der Waals surface area contributed by atoms with E-state index in [0.29, 0.717) is 5.75 Å². The van der Waals surface area contributed by atoms with Gasteiger partial charge in [-0.2, -0.15) is 0 Å². The fourth-order valence-electron chi connectivity index (χ4n) is 1.94. The quantitative estimate of drug-likeness (QED) is 0.530. The number of halogens is 1. The van der Waals surface area contributed by atoms with Gasteiger partial charge in [-0.25, -0.2) is 29.3 Å². The summed E-state index contributed by atoms with van der Waals surface area (Å²) in [5.41, 5.74) is 5.39. The van der Waals surface area contributed by atoms with E-state index < -0.39 is 11.7 Å². The Balaban J connectivity index is 1.88. The first kappa shape index (κ1) is 16.9. The number of pyridine rings is 2. The summed E-state index contributed by atoms with van der Waals surface area (Å²) in [6, 6.07) is 3.93. The molecule has 3 rings (SSSR count). The number of nitrogens with zero attached hydrogens (tertiary/aromatic N) is 5. The number of anilines is 1. The summed E-state index contributed by atoms with van der Waals surface area (Å²) in [5, 5.41) is 2.52. The fourth-order valence-corrected chi connectivity index (χ4v) is 1.94. The molecule has 0 aromatic carbocycles. The van der Waals surface area contributed by atoms with Crippen molar-refractivity contribution in [2.45, 2.75) is 0 Å². The highest BCUT2D eigenvalue weighted by atomic mass is 19.1. The van der Waals surface area contributed by atoms with Crippen molar-refractivity contribution in [3.05, 3.63) is 60.7 Å². The van der Waals surface area contributed by atoms with Gasteiger partial charge in [0.25, 0.3) is 5.91 Å². The van der Waals surface area contributed by atoms with Gasteiger partial charge in [0.05, 0.1) is 36.7 Å². The Labute approximate surface area is 146 Å². The van der Waals surface area contributed by atoms with E-state index in [1.807, 2.05) is 0 Å². The molecule has 0 atom stereocenters. The van der Waals surface area contributed by atoms with E-state index in [4.69, 9.17) is 10.5 Å². The van der Waals surface area contributed by atoms with E-state index in [1.165, 1.54) is 43.1 Å². The molecule has 0 bridgehead atoms. The number of hydrogen-bond donors (Lipinski definition) is 2. The molecule has 3 N–H and O–H groups in total. The molecule has 0 radical (unpaired) electrons. The van der Waals surface area contributed by atoms with Crippen molar-refractivity contribution in [3.63, 3.8) is 0 Å². The molecule has 10 heteroatoms. The van der Waals surface area contributed by atoms with Crippen molar-refractivity contribution in [3.8, 4) is 11.5 Å². The van der Waals surface area contributed by atoms with Gasteiger partial charge < -0.3 is 15.8 Å². The lowest BCUT2D eigenvalue weighted by Gasteiger charge is -2.09. The zero-order valence-corrected chi connectivity index (χ0v) is 13.2. The predicted molar refractivity (Wildman–Crippen MR) is 90.8 cm³/mol. The minimum atomic E-state index is -0.563. The number of amides is 1. The first-order valence-corrected chi connectivity index (χ1v) is 7.26. The second kappa shape index (κ2) is 7.75. The van der Waals surface area contributed by atoms with Crippen molar-refractivity contribution >= 4 is 23.9 Å². The van der Waals surface area contributed by atoms with E-state index >= 15 is 0 Å². The van der Waals surface area contributed by atoms with Crippen molar-refractivity contribution in [2.75, 3.05) is 5.32 Å². The largest absolute Gasteiger partial charge is 0.452 e. The zero-order chi connectivity index (χ0) is 18.4. The Hall–Kier alpha value is -3.95. The molecule has 0 aliphatic rings. The fraction of sp³-hybridized carbons (Fsp3) is 0. The third kappa shape index (κ3) is 4.12. The van der Waals surface area contributed by atoms with Crippen LogP contribution in [-0.2, 0) is 0 Å². The van der Waals surface area contributed by atoms with Crippen LogP contribution in [0.4, 0.5) is 16.0 Å². The van der Waals surface area contributed by atoms with Crippen LogP contribution >= 0.6 is 0 Å². The Morgan fingerprint density at radius 1 is 1.15 bits per heavy atom. The molecule has 9 nitrogen and oxygen atoms in total. The molecule has 3 heterocycles. The van der Waals surface area contributed by atoms with Gasteiger partial charge in [0.15, 0.2) is 11.6 Å². The van der Waals surface area contributed by atoms with Crippen LogP contribution in [0.1, 0.15) is 10.4 Å². The molecule has 0 aliphatic carbocycles. The number of rotatable bonds is 5. The van der Waals surface area contributed by atoms with Gasteiger partial charge in [-0.15, -0.1) is 0 Å². The number of hydrogen-bond acceptors (Lipinski definition) is 7. The molecule has 0 saturated carbocycles. The molecule has 3 aromatic heterocycles. The van der Waals surface area contributed by atoms with Gasteiger partial charge in [-0.1, -0.05) is 0 Å². The Morgan fingerprint density at radius 3 is 2.65 bits per heavy atom. The molecule has 26 heavy (non-hydrogen) atoms. The first-order chi connectivity index (χ1) is 12.7. The summed E-state index contributed by atoms with van der Waals surface area (Å²) in [7, 11) is 0. The summed E-state index contributed by atoms with van der Waals surface area (Å²) in [4.78, 5) is 31.9. The number of carbonyl (C=O) groups is 1. The molecule has 0 unspecified atom stereocenters. The van der Waals surface area contributed by atoms with Gasteiger partial charge in [0.1, 0.15) is 23.7 Å². The lowest BCUT2D eigenvalue weighted by Crippen LogP contribution is -2.14. The van der Waals surface area contributed by atoms with E-state index in [2.05, 4.69) is 30.2 Å². The summed E-state index contributed by atoms with van der Waals surface area (Å²) >= 11 is 0. The minimum absolute atomic E-state index is 0.0868. The van der Waals surface area contributed by atoms with Crippen LogP contribution in [-0.4, -0.2) is 32.2 Å². The van der Waals surface area contributed by atoms with Gasteiger partial charge >= 0.3 is 0 Å². The Morgan fingerprint density at radius 2 is 1.96 bits per heavy atom. The van der Waals surface area contributed by atoms with Crippen LogP contribution in [0.15, 0.2) is 54.3 Å². The molecular formula is C16H12FN7O2. The smallest absolute Gasteiger partial charge is 0.260 e. The maximum absolute atomic E-state index is 12.9. The number of aliphatic imine (C=N–C) groups is 1.